The number of aliphatic hydroxyl groups excluding tert-OH is 1. The van der Waals surface area contributed by atoms with Crippen LogP contribution in [0.3, 0.4) is 0 Å². The molecule has 17 heteroatoms. The summed E-state index contributed by atoms with van der Waals surface area (Å²) >= 11 is -0.500. The molecule has 0 unspecified atom stereocenters. The van der Waals surface area contributed by atoms with Gasteiger partial charge in [0.1, 0.15) is 0 Å². The van der Waals surface area contributed by atoms with Gasteiger partial charge >= 0.3 is 63.2 Å². The number of unbranched alkanes of at least 4 members (excludes halogenated alkanes) is 27. The average Bonchev–Trinajstić information content (AvgIpc) is 3.34. The Kier molecular flexibility index (Phi) is 73.3. The van der Waals surface area contributed by atoms with Crippen LogP contribution in [0, 0.1) is 0 Å². The number of aliphatic carboxylic acids is 3. The van der Waals surface area contributed by atoms with E-state index in [1.165, 1.54) is 173 Å². The van der Waals surface area contributed by atoms with Crippen molar-refractivity contribution >= 4 is 17.9 Å². The van der Waals surface area contributed by atoms with Gasteiger partial charge in [-0.05, 0) is 24.3 Å². The molecule has 0 bridgehead atoms. The molecule has 0 spiro atoms. The van der Waals surface area contributed by atoms with Crippen LogP contribution >= 0.6 is 0 Å². The summed E-state index contributed by atoms with van der Waals surface area (Å²) in [6.45, 7) is 12.0. The minimum absolute atomic E-state index is 0.0185. The molecule has 0 radical (unpaired) electrons. The van der Waals surface area contributed by atoms with Crippen LogP contribution in [-0.2, 0) is 81.4 Å². The number of carboxylic acid groups (broad SMARTS) is 3. The van der Waals surface area contributed by atoms with Gasteiger partial charge in [0.05, 0.1) is 42.1 Å². The van der Waals surface area contributed by atoms with Crippen molar-refractivity contribution in [2.75, 3.05) is 19.6 Å². The molecule has 8 N–H and O–H groups in total. The molecule has 0 aliphatic heterocycles. The zero-order chi connectivity index (χ0) is 55.1. The number of nitrogens with zero attached hydrogens (tertiary/aromatic N) is 2. The van der Waals surface area contributed by atoms with Gasteiger partial charge in [-0.1, -0.05) is 232 Å². The average molecular weight is 1090 g/mol. The van der Waals surface area contributed by atoms with Crippen LogP contribution in [0.5, 0.6) is 0 Å². The molecule has 0 aromatic carbocycles. The van der Waals surface area contributed by atoms with E-state index in [4.69, 9.17) is 49.0 Å². The third-order valence-corrected chi connectivity index (χ3v) is 10.7. The summed E-state index contributed by atoms with van der Waals surface area (Å²) in [4.78, 5) is 39.0. The maximum absolute atomic E-state index is 10.4. The molecular formula is C55H99N5O10V2-. The Bertz CT molecular complexity index is 1280. The first-order valence-electron chi connectivity index (χ1n) is 26.8. The second-order valence-corrected chi connectivity index (χ2v) is 17.8. The third kappa shape index (κ3) is 73.4. The number of carbonyl (C=O) groups is 3. The van der Waals surface area contributed by atoms with E-state index < -0.39 is 34.5 Å². The molecule has 2 aromatic heterocycles. The summed E-state index contributed by atoms with van der Waals surface area (Å²) in [6, 6.07) is 9.77. The Hall–Kier alpha value is -3.14. The molecule has 0 aliphatic rings. The Morgan fingerprint density at radius 3 is 0.778 bits per heavy atom. The molecule has 15 nitrogen and oxygen atoms in total. The van der Waals surface area contributed by atoms with E-state index in [0.29, 0.717) is 42.4 Å². The van der Waals surface area contributed by atoms with Crippen LogP contribution in [0.25, 0.3) is 17.2 Å². The summed E-state index contributed by atoms with van der Waals surface area (Å²) in [5.74, 6) is -2.86. The summed E-state index contributed by atoms with van der Waals surface area (Å²) in [6.07, 6.45) is 40.6. The predicted octanol–water partition coefficient (Wildman–Crippen LogP) is 15.7. The zero-order valence-corrected chi connectivity index (χ0v) is 47.7. The molecule has 72 heavy (non-hydrogen) atoms. The third-order valence-electron chi connectivity index (χ3n) is 10.7. The van der Waals surface area contributed by atoms with Crippen molar-refractivity contribution in [1.82, 2.24) is 9.97 Å². The van der Waals surface area contributed by atoms with Crippen LogP contribution in [0.2, 0.25) is 0 Å². The van der Waals surface area contributed by atoms with Crippen LogP contribution in [-0.4, -0.2) is 72.0 Å². The van der Waals surface area contributed by atoms with Crippen LogP contribution in [0.15, 0.2) is 48.7 Å². The fourth-order valence-electron chi connectivity index (χ4n) is 6.96. The van der Waals surface area contributed by atoms with Crippen LogP contribution < -0.4 is 0 Å². The van der Waals surface area contributed by atoms with Crippen molar-refractivity contribution in [1.29, 1.82) is 0 Å². The second-order valence-electron chi connectivity index (χ2n) is 17.6. The summed E-state index contributed by atoms with van der Waals surface area (Å²) in [5.41, 5.74) is 22.8. The quantitative estimate of drug-likeness (QED) is 0.0310. The van der Waals surface area contributed by atoms with Gasteiger partial charge in [-0.3, -0.25) is 24.4 Å². The zero-order valence-electron chi connectivity index (χ0n) is 44.9. The molecule has 0 fully saturated rings. The molecule has 0 atom stereocenters. The van der Waals surface area contributed by atoms with E-state index in [-0.39, 0.29) is 31.4 Å². The van der Waals surface area contributed by atoms with E-state index in [1.54, 1.807) is 36.4 Å². The van der Waals surface area contributed by atoms with Crippen molar-refractivity contribution in [2.45, 2.75) is 239 Å². The van der Waals surface area contributed by atoms with E-state index in [9.17, 15) is 14.4 Å². The van der Waals surface area contributed by atoms with Crippen molar-refractivity contribution in [3.8, 4) is 0 Å². The van der Waals surface area contributed by atoms with Crippen LogP contribution in [0.4, 0.5) is 0 Å². The molecular weight excluding hydrogens is 993 g/mol. The Labute approximate surface area is 453 Å². The van der Waals surface area contributed by atoms with Gasteiger partial charge in [0.25, 0.3) is 0 Å². The first-order valence-corrected chi connectivity index (χ1v) is 28.6. The van der Waals surface area contributed by atoms with Crippen LogP contribution in [0.1, 0.15) is 236 Å². The molecule has 2 aromatic rings. The van der Waals surface area contributed by atoms with Crippen molar-refractivity contribution in [3.63, 3.8) is 0 Å². The molecule has 415 valence electrons. The summed E-state index contributed by atoms with van der Waals surface area (Å²) in [5, 5.41) is 34.4. The maximum atomic E-state index is 10.4. The predicted molar refractivity (Wildman–Crippen MR) is 285 cm³/mol. The fraction of sp³-hybridized carbons (Fsp3) is 0.727. The fourth-order valence-corrected chi connectivity index (χ4v) is 6.96. The Morgan fingerprint density at radius 1 is 0.431 bits per heavy atom. The van der Waals surface area contributed by atoms with Gasteiger partial charge in [0.2, 0.25) is 0 Å². The standard InChI is InChI=1S/3C12H26N.C10H11NO3.C9H9NO4.H2O.2O.2V/c3*1-2-3-4-5-6-7-8-9-10-11-12-13;1-7(12)5-8-3-2-4-9(11-8)6-10(13)14;11-8(12)4-6-2-1-3-7(10-6)5-9(13)14;;;;;/h3*13H,2-12H2,1H3;2-4,12H,1,5-6H2,(H,13,14);1-3H,4-5H2,(H,11,12)(H,13,14);1H2;;;;/q3*-1;;;;;;+1;+2/p-1. The van der Waals surface area contributed by atoms with E-state index >= 15 is 0 Å². The normalized spacial score (nSPS) is 9.79. The number of hydrogen-bond donors (Lipinski definition) is 5. The first kappa shape index (κ1) is 77.8. The molecule has 0 saturated carbocycles. The SMILES string of the molecule is C=C(O)Cc1cccc(CC(=O)O)n1.CCCCCCCCCCCC[NH-].CCCCCCCCCCCC[NH-].CCCCCCCCCCCC[NH-].O=C(O)Cc1cccc(CC(=O)O)n1.[O]=[V+2].[O]=[V][OH]. The Balaban J connectivity index is -0.000000254. The molecule has 0 amide bonds. The van der Waals surface area contributed by atoms with Crippen molar-refractivity contribution in [3.05, 3.63) is 88.7 Å². The molecule has 2 rings (SSSR count). The number of aromatic nitrogens is 2. The second kappa shape index (κ2) is 67.9. The van der Waals surface area contributed by atoms with E-state index in [0.717, 1.165) is 36.6 Å². The number of allylic oxidation sites excluding steroid dienone is 1. The van der Waals surface area contributed by atoms with Gasteiger partial charge in [-0.25, -0.2) is 0 Å². The Morgan fingerprint density at radius 2 is 0.611 bits per heavy atom. The van der Waals surface area contributed by atoms with Crippen molar-refractivity contribution < 1.29 is 80.1 Å². The van der Waals surface area contributed by atoms with E-state index in [1.807, 2.05) is 0 Å². The number of hydrogen-bond acceptors (Lipinski definition) is 8. The first-order chi connectivity index (χ1) is 34.8. The summed E-state index contributed by atoms with van der Waals surface area (Å²) in [7, 11) is 0. The topological polar surface area (TPSA) is 284 Å². The van der Waals surface area contributed by atoms with Gasteiger partial charge in [0, 0.05) is 12.1 Å². The molecule has 0 saturated heterocycles. The number of aliphatic hydroxyl groups is 1. The number of nitrogens with one attached hydrogen (secondary N) is 3. The number of pyridine rings is 2. The number of rotatable bonds is 38. The van der Waals surface area contributed by atoms with Gasteiger partial charge in [-0.15, -0.1) is 0 Å². The monoisotopic (exact) mass is 1090 g/mol. The minimum atomic E-state index is -1.56. The number of carboxylic acids is 3. The van der Waals surface area contributed by atoms with Gasteiger partial charge in [-0.2, -0.15) is 19.6 Å². The van der Waals surface area contributed by atoms with Crippen molar-refractivity contribution in [2.24, 2.45) is 0 Å². The van der Waals surface area contributed by atoms with Gasteiger partial charge < -0.3 is 37.6 Å². The summed E-state index contributed by atoms with van der Waals surface area (Å²) < 4.78 is 23.9. The molecule has 0 aliphatic carbocycles. The molecule has 2 heterocycles. The van der Waals surface area contributed by atoms with E-state index in [2.05, 4.69) is 37.3 Å². The van der Waals surface area contributed by atoms with Gasteiger partial charge in [0.15, 0.2) is 0 Å².